The van der Waals surface area contributed by atoms with Crippen LogP contribution < -0.4 is 9.47 Å². The van der Waals surface area contributed by atoms with Crippen molar-refractivity contribution < 1.29 is 23.0 Å². The molecule has 0 aliphatic heterocycles. The van der Waals surface area contributed by atoms with Crippen molar-refractivity contribution in [2.75, 3.05) is 7.11 Å². The summed E-state index contributed by atoms with van der Waals surface area (Å²) in [5, 5.41) is 0. The average molecular weight is 278 g/mol. The number of benzene rings is 2. The molecule has 0 aliphatic carbocycles. The topological polar surface area (TPSA) is 35.5 Å². The van der Waals surface area contributed by atoms with E-state index in [0.717, 1.165) is 12.1 Å². The molecule has 0 atom stereocenters. The molecule has 0 unspecified atom stereocenters. The number of halogens is 2. The first kappa shape index (κ1) is 14.0. The van der Waals surface area contributed by atoms with E-state index in [0.29, 0.717) is 17.6 Å². The van der Waals surface area contributed by atoms with Crippen LogP contribution in [-0.2, 0) is 6.61 Å². The fraction of sp³-hybridized carbons (Fsp3) is 0.133. The number of ether oxygens (including phenoxy) is 2. The average Bonchev–Trinajstić information content (AvgIpc) is 2.46. The number of rotatable bonds is 5. The van der Waals surface area contributed by atoms with Gasteiger partial charge in [0.15, 0.2) is 17.4 Å². The molecule has 5 heteroatoms. The van der Waals surface area contributed by atoms with E-state index in [-0.39, 0.29) is 12.2 Å². The van der Waals surface area contributed by atoms with E-state index in [1.54, 1.807) is 24.3 Å². The van der Waals surface area contributed by atoms with Crippen LogP contribution >= 0.6 is 0 Å². The normalized spacial score (nSPS) is 10.2. The summed E-state index contributed by atoms with van der Waals surface area (Å²) < 4.78 is 37.4. The molecule has 0 radical (unpaired) electrons. The molecule has 0 fully saturated rings. The summed E-state index contributed by atoms with van der Waals surface area (Å²) in [4.78, 5) is 10.5. The molecule has 20 heavy (non-hydrogen) atoms. The number of methoxy groups -OCH3 is 1. The molecule has 0 bridgehead atoms. The predicted molar refractivity (Wildman–Crippen MR) is 69.1 cm³/mol. The molecule has 0 aliphatic rings. The van der Waals surface area contributed by atoms with Gasteiger partial charge in [0.25, 0.3) is 0 Å². The smallest absolute Gasteiger partial charge is 0.191 e. The lowest BCUT2D eigenvalue weighted by molar-refractivity contribution is 0.112. The van der Waals surface area contributed by atoms with Crippen LogP contribution in [-0.4, -0.2) is 13.4 Å². The van der Waals surface area contributed by atoms with Crippen LogP contribution in [0.5, 0.6) is 11.5 Å². The minimum absolute atomic E-state index is 0.00846. The SMILES string of the molecule is COc1cccc(COc2c(F)cc(C=O)cc2F)c1. The van der Waals surface area contributed by atoms with Gasteiger partial charge in [-0.3, -0.25) is 4.79 Å². The molecule has 0 heterocycles. The Kier molecular flexibility index (Phi) is 4.30. The number of carbonyl (C=O) groups excluding carboxylic acids is 1. The van der Waals surface area contributed by atoms with E-state index in [2.05, 4.69) is 0 Å². The number of hydrogen-bond acceptors (Lipinski definition) is 3. The second kappa shape index (κ2) is 6.14. The van der Waals surface area contributed by atoms with Gasteiger partial charge in [0.1, 0.15) is 18.6 Å². The quantitative estimate of drug-likeness (QED) is 0.787. The summed E-state index contributed by atoms with van der Waals surface area (Å²) in [6.45, 7) is -0.00846. The fourth-order valence-corrected chi connectivity index (χ4v) is 1.70. The fourth-order valence-electron chi connectivity index (χ4n) is 1.70. The Bertz CT molecular complexity index is 603. The predicted octanol–water partition coefficient (Wildman–Crippen LogP) is 3.36. The first-order valence-corrected chi connectivity index (χ1v) is 5.84. The van der Waals surface area contributed by atoms with Gasteiger partial charge in [-0.2, -0.15) is 0 Å². The Morgan fingerprint density at radius 1 is 1.15 bits per heavy atom. The third-order valence-corrected chi connectivity index (χ3v) is 2.67. The molecule has 104 valence electrons. The van der Waals surface area contributed by atoms with Crippen molar-refractivity contribution in [1.82, 2.24) is 0 Å². The number of carbonyl (C=O) groups is 1. The Morgan fingerprint density at radius 2 is 1.85 bits per heavy atom. The first-order valence-electron chi connectivity index (χ1n) is 5.84. The lowest BCUT2D eigenvalue weighted by Crippen LogP contribution is -2.01. The van der Waals surface area contributed by atoms with Crippen LogP contribution in [0.4, 0.5) is 8.78 Å². The van der Waals surface area contributed by atoms with Crippen LogP contribution in [0.1, 0.15) is 15.9 Å². The molecule has 2 aromatic carbocycles. The molecule has 0 N–H and O–H groups in total. The van der Waals surface area contributed by atoms with E-state index >= 15 is 0 Å². The van der Waals surface area contributed by atoms with Crippen molar-refractivity contribution >= 4 is 6.29 Å². The van der Waals surface area contributed by atoms with Gasteiger partial charge in [-0.15, -0.1) is 0 Å². The second-order valence-corrected chi connectivity index (χ2v) is 4.07. The first-order chi connectivity index (χ1) is 9.63. The van der Waals surface area contributed by atoms with Gasteiger partial charge in [-0.1, -0.05) is 12.1 Å². The lowest BCUT2D eigenvalue weighted by atomic mass is 10.2. The minimum Gasteiger partial charge on any atom is -0.497 e. The van der Waals surface area contributed by atoms with Crippen molar-refractivity contribution in [3.8, 4) is 11.5 Å². The van der Waals surface area contributed by atoms with Gasteiger partial charge in [0, 0.05) is 5.56 Å². The molecule has 0 saturated heterocycles. The summed E-state index contributed by atoms with van der Waals surface area (Å²) in [7, 11) is 1.53. The summed E-state index contributed by atoms with van der Waals surface area (Å²) in [6.07, 6.45) is 0.373. The van der Waals surface area contributed by atoms with Gasteiger partial charge < -0.3 is 9.47 Å². The molecule has 0 aromatic heterocycles. The van der Waals surface area contributed by atoms with E-state index < -0.39 is 17.4 Å². The largest absolute Gasteiger partial charge is 0.497 e. The molecular formula is C15H12F2O3. The van der Waals surface area contributed by atoms with Gasteiger partial charge in [-0.05, 0) is 29.8 Å². The van der Waals surface area contributed by atoms with Gasteiger partial charge in [0.05, 0.1) is 7.11 Å². The van der Waals surface area contributed by atoms with Crippen molar-refractivity contribution in [3.63, 3.8) is 0 Å². The van der Waals surface area contributed by atoms with Gasteiger partial charge in [0.2, 0.25) is 0 Å². The molecule has 0 amide bonds. The zero-order chi connectivity index (χ0) is 14.5. The van der Waals surface area contributed by atoms with E-state index in [1.165, 1.54) is 7.11 Å². The second-order valence-electron chi connectivity index (χ2n) is 4.07. The van der Waals surface area contributed by atoms with Crippen LogP contribution in [0.2, 0.25) is 0 Å². The van der Waals surface area contributed by atoms with Crippen LogP contribution in [0.15, 0.2) is 36.4 Å². The Balaban J connectivity index is 2.16. The maximum absolute atomic E-state index is 13.6. The van der Waals surface area contributed by atoms with Crippen LogP contribution in [0.25, 0.3) is 0 Å². The Morgan fingerprint density at radius 3 is 2.45 bits per heavy atom. The maximum atomic E-state index is 13.6. The zero-order valence-electron chi connectivity index (χ0n) is 10.7. The number of aldehydes is 1. The molecule has 2 aromatic rings. The summed E-state index contributed by atoms with van der Waals surface area (Å²) in [6, 6.07) is 8.81. The third kappa shape index (κ3) is 3.12. The molecule has 3 nitrogen and oxygen atoms in total. The third-order valence-electron chi connectivity index (χ3n) is 2.67. The van der Waals surface area contributed by atoms with E-state index in [4.69, 9.17) is 9.47 Å². The summed E-state index contributed by atoms with van der Waals surface area (Å²) in [5.74, 6) is -1.69. The van der Waals surface area contributed by atoms with Crippen LogP contribution in [0.3, 0.4) is 0 Å². The van der Waals surface area contributed by atoms with Gasteiger partial charge >= 0.3 is 0 Å². The molecule has 0 spiro atoms. The Labute approximate surface area is 114 Å². The standard InChI is InChI=1S/C15H12F2O3/c1-19-12-4-2-3-10(5-12)9-20-15-13(16)6-11(8-18)7-14(15)17/h2-8H,9H2,1H3. The minimum atomic E-state index is -0.907. The maximum Gasteiger partial charge on any atom is 0.191 e. The molecular weight excluding hydrogens is 266 g/mol. The van der Waals surface area contributed by atoms with Crippen molar-refractivity contribution in [3.05, 3.63) is 59.2 Å². The van der Waals surface area contributed by atoms with Crippen molar-refractivity contribution in [1.29, 1.82) is 0 Å². The van der Waals surface area contributed by atoms with E-state index in [9.17, 15) is 13.6 Å². The summed E-state index contributed by atoms with van der Waals surface area (Å²) in [5.41, 5.74) is 0.636. The van der Waals surface area contributed by atoms with Crippen molar-refractivity contribution in [2.24, 2.45) is 0 Å². The highest BCUT2D eigenvalue weighted by Gasteiger charge is 2.12. The number of hydrogen-bond donors (Lipinski definition) is 0. The zero-order valence-corrected chi connectivity index (χ0v) is 10.7. The summed E-state index contributed by atoms with van der Waals surface area (Å²) >= 11 is 0. The van der Waals surface area contributed by atoms with Crippen molar-refractivity contribution in [2.45, 2.75) is 6.61 Å². The Hall–Kier alpha value is -2.43. The highest BCUT2D eigenvalue weighted by molar-refractivity contribution is 5.75. The molecule has 2 rings (SSSR count). The van der Waals surface area contributed by atoms with Crippen LogP contribution in [0, 0.1) is 11.6 Å². The lowest BCUT2D eigenvalue weighted by Gasteiger charge is -2.09. The highest BCUT2D eigenvalue weighted by atomic mass is 19.1. The highest BCUT2D eigenvalue weighted by Crippen LogP contribution is 2.24. The van der Waals surface area contributed by atoms with E-state index in [1.807, 2.05) is 0 Å². The molecule has 0 saturated carbocycles. The van der Waals surface area contributed by atoms with Gasteiger partial charge in [-0.25, -0.2) is 8.78 Å². The monoisotopic (exact) mass is 278 g/mol.